The molecule has 0 bridgehead atoms. The fourth-order valence-corrected chi connectivity index (χ4v) is 6.63. The third-order valence-electron chi connectivity index (χ3n) is 8.75. The Morgan fingerprint density at radius 3 is 1.43 bits per heavy atom. The molecule has 44 heavy (non-hydrogen) atoms. The van der Waals surface area contributed by atoms with Gasteiger partial charge in [-0.05, 0) is 68.9 Å². The predicted octanol–water partition coefficient (Wildman–Crippen LogP) is 11.5. The van der Waals surface area contributed by atoms with Crippen molar-refractivity contribution in [3.63, 3.8) is 0 Å². The van der Waals surface area contributed by atoms with Crippen LogP contribution >= 0.6 is 0 Å². The zero-order valence-corrected chi connectivity index (χ0v) is 23.5. The van der Waals surface area contributed by atoms with Gasteiger partial charge in [-0.1, -0.05) is 109 Å². The monoisotopic (exact) mass is 561 g/mol. The van der Waals surface area contributed by atoms with Crippen molar-refractivity contribution in [1.29, 1.82) is 5.26 Å². The van der Waals surface area contributed by atoms with Crippen molar-refractivity contribution in [1.82, 2.24) is 0 Å². The van der Waals surface area contributed by atoms with Crippen molar-refractivity contribution in [2.24, 2.45) is 0 Å². The van der Waals surface area contributed by atoms with Gasteiger partial charge in [0.05, 0.1) is 17.2 Å². The molecule has 0 saturated carbocycles. The molecule has 2 heterocycles. The zero-order valence-electron chi connectivity index (χ0n) is 23.5. The lowest BCUT2D eigenvalue weighted by Gasteiger charge is -2.13. The van der Waals surface area contributed by atoms with Crippen LogP contribution < -0.4 is 0 Å². The number of nitriles is 1. The molecule has 7 aromatic carbocycles. The van der Waals surface area contributed by atoms with E-state index < -0.39 is 0 Å². The van der Waals surface area contributed by atoms with E-state index in [9.17, 15) is 0 Å². The third kappa shape index (κ3) is 3.62. The lowest BCUT2D eigenvalue weighted by Crippen LogP contribution is -1.88. The number of benzene rings is 7. The van der Waals surface area contributed by atoms with Gasteiger partial charge in [0.15, 0.2) is 0 Å². The molecule has 0 unspecified atom stereocenters. The first kappa shape index (κ1) is 24.5. The molecule has 0 amide bonds. The van der Waals surface area contributed by atoms with E-state index in [-0.39, 0.29) is 0 Å². The molecule has 0 radical (unpaired) electrons. The van der Waals surface area contributed by atoms with Crippen LogP contribution in [-0.4, -0.2) is 0 Å². The van der Waals surface area contributed by atoms with Crippen molar-refractivity contribution < 1.29 is 8.83 Å². The molecule has 0 fully saturated rings. The van der Waals surface area contributed by atoms with E-state index >= 15 is 0 Å². The number of furan rings is 2. The second-order valence-corrected chi connectivity index (χ2v) is 11.2. The summed E-state index contributed by atoms with van der Waals surface area (Å²) in [6.45, 7) is 0. The van der Waals surface area contributed by atoms with Gasteiger partial charge in [-0.25, -0.2) is 0 Å². The SMILES string of the molecule is N#Cc1ccc(-c2ccc(-c3ccc(-c4c5oc6ccccc6c5cc5c4oc4ccccc45)c4ccccc34)cc2)cc1. The van der Waals surface area contributed by atoms with Crippen LogP contribution in [0.15, 0.2) is 148 Å². The lowest BCUT2D eigenvalue weighted by atomic mass is 9.90. The van der Waals surface area contributed by atoms with Crippen LogP contribution in [0.5, 0.6) is 0 Å². The van der Waals surface area contributed by atoms with Gasteiger partial charge in [0.1, 0.15) is 22.3 Å². The van der Waals surface area contributed by atoms with Crippen LogP contribution in [0.25, 0.3) is 88.0 Å². The molecule has 0 atom stereocenters. The standard InChI is InChI=1S/C41H23NO2/c42-24-25-13-15-26(16-14-25)27-17-19-28(20-18-27)29-21-22-34(31-8-2-1-7-30(29)31)39-40-35(32-9-3-5-11-37(32)43-40)23-36-33-10-4-6-12-38(33)44-41(36)39/h1-23H. The van der Waals surface area contributed by atoms with Gasteiger partial charge in [0.2, 0.25) is 0 Å². The molecule has 2 aromatic heterocycles. The van der Waals surface area contributed by atoms with Gasteiger partial charge in [-0.15, -0.1) is 0 Å². The summed E-state index contributed by atoms with van der Waals surface area (Å²) in [7, 11) is 0. The van der Waals surface area contributed by atoms with E-state index in [0.29, 0.717) is 5.56 Å². The first-order valence-corrected chi connectivity index (χ1v) is 14.7. The molecular weight excluding hydrogens is 538 g/mol. The van der Waals surface area contributed by atoms with Crippen molar-refractivity contribution in [2.75, 3.05) is 0 Å². The summed E-state index contributed by atoms with van der Waals surface area (Å²) in [6.07, 6.45) is 0. The van der Waals surface area contributed by atoms with Gasteiger partial charge in [-0.3, -0.25) is 0 Å². The molecule has 3 nitrogen and oxygen atoms in total. The third-order valence-corrected chi connectivity index (χ3v) is 8.75. The molecule has 3 heteroatoms. The highest BCUT2D eigenvalue weighted by atomic mass is 16.3. The number of hydrogen-bond donors (Lipinski definition) is 0. The van der Waals surface area contributed by atoms with Crippen LogP contribution in [0.4, 0.5) is 0 Å². The largest absolute Gasteiger partial charge is 0.455 e. The Balaban J connectivity index is 1.28. The summed E-state index contributed by atoms with van der Waals surface area (Å²) in [5.74, 6) is 0. The number of hydrogen-bond acceptors (Lipinski definition) is 3. The Bertz CT molecular complexity index is 2510. The maximum atomic E-state index is 9.15. The molecule has 204 valence electrons. The number of nitrogens with zero attached hydrogens (tertiary/aromatic N) is 1. The van der Waals surface area contributed by atoms with Gasteiger partial charge in [0.25, 0.3) is 0 Å². The number of fused-ring (bicyclic) bond motifs is 7. The second kappa shape index (κ2) is 9.46. The highest BCUT2D eigenvalue weighted by Crippen LogP contribution is 2.47. The maximum Gasteiger partial charge on any atom is 0.147 e. The Hall–Kier alpha value is -6.11. The summed E-state index contributed by atoms with van der Waals surface area (Å²) in [5.41, 5.74) is 10.6. The van der Waals surface area contributed by atoms with Crippen LogP contribution in [0, 0.1) is 11.3 Å². The van der Waals surface area contributed by atoms with Gasteiger partial charge in [-0.2, -0.15) is 5.26 Å². The summed E-state index contributed by atoms with van der Waals surface area (Å²) in [6, 6.07) is 50.2. The van der Waals surface area contributed by atoms with E-state index in [2.05, 4.69) is 97.1 Å². The molecule has 9 aromatic rings. The summed E-state index contributed by atoms with van der Waals surface area (Å²) < 4.78 is 13.2. The predicted molar refractivity (Wildman–Crippen MR) is 180 cm³/mol. The molecule has 9 rings (SSSR count). The number of para-hydroxylation sites is 2. The molecule has 0 aliphatic rings. The minimum absolute atomic E-state index is 0.662. The Kier molecular flexibility index (Phi) is 5.26. The molecule has 0 aliphatic carbocycles. The van der Waals surface area contributed by atoms with Crippen LogP contribution in [0.1, 0.15) is 5.56 Å². The maximum absolute atomic E-state index is 9.15. The van der Waals surface area contributed by atoms with Gasteiger partial charge in [0, 0.05) is 21.5 Å². The quantitative estimate of drug-likeness (QED) is 0.216. The van der Waals surface area contributed by atoms with Crippen molar-refractivity contribution in [3.05, 3.63) is 145 Å². The van der Waals surface area contributed by atoms with Crippen LogP contribution in [0.3, 0.4) is 0 Å². The summed E-state index contributed by atoms with van der Waals surface area (Å²) >= 11 is 0. The number of rotatable bonds is 3. The topological polar surface area (TPSA) is 50.1 Å². The fourth-order valence-electron chi connectivity index (χ4n) is 6.63. The van der Waals surface area contributed by atoms with E-state index in [1.54, 1.807) is 0 Å². The highest BCUT2D eigenvalue weighted by molar-refractivity contribution is 6.24. The Morgan fingerprint density at radius 1 is 0.409 bits per heavy atom. The lowest BCUT2D eigenvalue weighted by molar-refractivity contribution is 0.658. The molecule has 0 N–H and O–H groups in total. The summed E-state index contributed by atoms with van der Waals surface area (Å²) in [5, 5.41) is 15.8. The average Bonchev–Trinajstić information content (AvgIpc) is 3.65. The highest BCUT2D eigenvalue weighted by Gasteiger charge is 2.22. The van der Waals surface area contributed by atoms with Crippen LogP contribution in [-0.2, 0) is 0 Å². The van der Waals surface area contributed by atoms with E-state index in [1.165, 1.54) is 0 Å². The fraction of sp³-hybridized carbons (Fsp3) is 0. The molecule has 0 spiro atoms. The minimum Gasteiger partial charge on any atom is -0.455 e. The minimum atomic E-state index is 0.662. The van der Waals surface area contributed by atoms with Crippen molar-refractivity contribution in [2.45, 2.75) is 0 Å². The van der Waals surface area contributed by atoms with Crippen molar-refractivity contribution in [3.8, 4) is 39.4 Å². The smallest absolute Gasteiger partial charge is 0.147 e. The van der Waals surface area contributed by atoms with Crippen molar-refractivity contribution >= 4 is 54.6 Å². The average molecular weight is 562 g/mol. The van der Waals surface area contributed by atoms with E-state index in [0.717, 1.165) is 88.0 Å². The molecular formula is C41H23NO2. The first-order chi connectivity index (χ1) is 21.8. The Labute approximate surface area is 252 Å². The van der Waals surface area contributed by atoms with Gasteiger partial charge < -0.3 is 8.83 Å². The van der Waals surface area contributed by atoms with Crippen LogP contribution in [0.2, 0.25) is 0 Å². The second-order valence-electron chi connectivity index (χ2n) is 11.2. The first-order valence-electron chi connectivity index (χ1n) is 14.7. The molecule has 0 aliphatic heterocycles. The van der Waals surface area contributed by atoms with E-state index in [1.807, 2.05) is 48.5 Å². The molecule has 0 saturated heterocycles. The summed E-state index contributed by atoms with van der Waals surface area (Å²) in [4.78, 5) is 0. The van der Waals surface area contributed by atoms with Gasteiger partial charge >= 0.3 is 0 Å². The Morgan fingerprint density at radius 2 is 0.864 bits per heavy atom. The normalized spacial score (nSPS) is 11.6. The zero-order chi connectivity index (χ0) is 29.2. The van der Waals surface area contributed by atoms with E-state index in [4.69, 9.17) is 14.1 Å².